The Labute approximate surface area is 92.4 Å². The van der Waals surface area contributed by atoms with E-state index in [4.69, 9.17) is 4.74 Å². The summed E-state index contributed by atoms with van der Waals surface area (Å²) in [5, 5.41) is 0.322. The van der Waals surface area contributed by atoms with Crippen molar-refractivity contribution in [3.63, 3.8) is 0 Å². The third-order valence-electron chi connectivity index (χ3n) is 2.38. The van der Waals surface area contributed by atoms with Gasteiger partial charge in [-0.1, -0.05) is 35.0 Å². The Kier molecular flexibility index (Phi) is 3.93. The van der Waals surface area contributed by atoms with Crippen LogP contribution in [-0.2, 0) is 5.67 Å². The van der Waals surface area contributed by atoms with Crippen LogP contribution in [-0.4, -0.2) is 12.4 Å². The molecule has 0 aliphatic rings. The minimum atomic E-state index is -1.27. The highest BCUT2D eigenvalue weighted by molar-refractivity contribution is 9.09. The Morgan fingerprint density at radius 1 is 1.36 bits per heavy atom. The number of halogens is 2. The van der Waals surface area contributed by atoms with E-state index < -0.39 is 5.67 Å². The molecule has 14 heavy (non-hydrogen) atoms. The van der Waals surface area contributed by atoms with E-state index in [0.717, 1.165) is 5.75 Å². The summed E-state index contributed by atoms with van der Waals surface area (Å²) < 4.78 is 19.1. The van der Waals surface area contributed by atoms with Gasteiger partial charge in [-0.05, 0) is 24.1 Å². The van der Waals surface area contributed by atoms with Crippen LogP contribution in [0.2, 0.25) is 0 Å². The summed E-state index contributed by atoms with van der Waals surface area (Å²) in [6.45, 7) is 1.84. The van der Waals surface area contributed by atoms with Crippen LogP contribution in [0.25, 0.3) is 0 Å². The average Bonchev–Trinajstić information content (AvgIpc) is 2.28. The Bertz CT molecular complexity index is 280. The van der Waals surface area contributed by atoms with E-state index in [1.165, 1.54) is 0 Å². The molecule has 0 spiro atoms. The molecular weight excluding hydrogens is 247 g/mol. The molecule has 1 aromatic carbocycles. The second kappa shape index (κ2) is 4.78. The lowest BCUT2D eigenvalue weighted by molar-refractivity contribution is 0.194. The maximum atomic E-state index is 14.1. The normalized spacial score (nSPS) is 14.9. The van der Waals surface area contributed by atoms with E-state index >= 15 is 0 Å². The largest absolute Gasteiger partial charge is 0.497 e. The lowest BCUT2D eigenvalue weighted by atomic mass is 9.95. The van der Waals surface area contributed by atoms with Gasteiger partial charge in [0.1, 0.15) is 11.4 Å². The van der Waals surface area contributed by atoms with Crippen LogP contribution in [0.4, 0.5) is 4.39 Å². The molecule has 0 aliphatic heterocycles. The monoisotopic (exact) mass is 260 g/mol. The molecule has 1 atom stereocenters. The van der Waals surface area contributed by atoms with Gasteiger partial charge >= 0.3 is 0 Å². The van der Waals surface area contributed by atoms with E-state index in [2.05, 4.69) is 15.9 Å². The summed E-state index contributed by atoms with van der Waals surface area (Å²) in [6, 6.07) is 7.09. The van der Waals surface area contributed by atoms with Crippen molar-refractivity contribution < 1.29 is 9.13 Å². The van der Waals surface area contributed by atoms with Gasteiger partial charge in [-0.3, -0.25) is 0 Å². The van der Waals surface area contributed by atoms with Crippen molar-refractivity contribution in [1.29, 1.82) is 0 Å². The lowest BCUT2D eigenvalue weighted by Crippen LogP contribution is -2.20. The minimum Gasteiger partial charge on any atom is -0.497 e. The fourth-order valence-electron chi connectivity index (χ4n) is 1.27. The highest BCUT2D eigenvalue weighted by atomic mass is 79.9. The molecule has 0 heterocycles. The maximum Gasteiger partial charge on any atom is 0.145 e. The van der Waals surface area contributed by atoms with E-state index in [-0.39, 0.29) is 0 Å². The highest BCUT2D eigenvalue weighted by Crippen LogP contribution is 2.32. The molecule has 0 amide bonds. The molecule has 0 aliphatic carbocycles. The fraction of sp³-hybridized carbons (Fsp3) is 0.455. The zero-order valence-corrected chi connectivity index (χ0v) is 9.97. The van der Waals surface area contributed by atoms with Gasteiger partial charge in [0.05, 0.1) is 7.11 Å². The predicted octanol–water partition coefficient (Wildman–Crippen LogP) is 3.66. The maximum absolute atomic E-state index is 14.1. The first-order valence-corrected chi connectivity index (χ1v) is 5.68. The van der Waals surface area contributed by atoms with Crippen molar-refractivity contribution in [2.45, 2.75) is 19.0 Å². The Hall–Kier alpha value is -0.570. The second-order valence-corrected chi connectivity index (χ2v) is 3.74. The van der Waals surface area contributed by atoms with Gasteiger partial charge in [-0.15, -0.1) is 0 Å². The summed E-state index contributed by atoms with van der Waals surface area (Å²) in [7, 11) is 1.60. The predicted molar refractivity (Wildman–Crippen MR) is 59.9 cm³/mol. The smallest absolute Gasteiger partial charge is 0.145 e. The summed E-state index contributed by atoms with van der Waals surface area (Å²) in [5.41, 5.74) is -0.579. The molecule has 0 radical (unpaired) electrons. The number of hydrogen-bond donors (Lipinski definition) is 0. The zero-order valence-electron chi connectivity index (χ0n) is 8.39. The molecule has 0 bridgehead atoms. The average molecular weight is 261 g/mol. The van der Waals surface area contributed by atoms with E-state index in [9.17, 15) is 4.39 Å². The van der Waals surface area contributed by atoms with Crippen LogP contribution in [0, 0.1) is 0 Å². The van der Waals surface area contributed by atoms with Gasteiger partial charge in [0.2, 0.25) is 0 Å². The van der Waals surface area contributed by atoms with Crippen molar-refractivity contribution in [3.8, 4) is 5.75 Å². The van der Waals surface area contributed by atoms with Gasteiger partial charge < -0.3 is 4.74 Å². The van der Waals surface area contributed by atoms with Crippen LogP contribution < -0.4 is 4.74 Å². The Morgan fingerprint density at radius 3 is 2.29 bits per heavy atom. The number of methoxy groups -OCH3 is 1. The summed E-state index contributed by atoms with van der Waals surface area (Å²) in [5.74, 6) is 0.752. The molecule has 0 N–H and O–H groups in total. The number of benzene rings is 1. The third kappa shape index (κ3) is 2.27. The number of alkyl halides is 2. The first-order valence-electron chi connectivity index (χ1n) is 4.55. The quantitative estimate of drug-likeness (QED) is 0.751. The highest BCUT2D eigenvalue weighted by Gasteiger charge is 2.28. The van der Waals surface area contributed by atoms with Crippen molar-refractivity contribution in [1.82, 2.24) is 0 Å². The molecule has 3 heteroatoms. The van der Waals surface area contributed by atoms with Crippen molar-refractivity contribution in [3.05, 3.63) is 29.8 Å². The SMILES string of the molecule is CCC(F)(CBr)c1ccc(OC)cc1. The summed E-state index contributed by atoms with van der Waals surface area (Å²) >= 11 is 3.20. The minimum absolute atomic E-state index is 0.322. The molecule has 0 fully saturated rings. The Morgan fingerprint density at radius 2 is 1.93 bits per heavy atom. The third-order valence-corrected chi connectivity index (χ3v) is 3.27. The molecular formula is C11H14BrFO. The number of rotatable bonds is 4. The van der Waals surface area contributed by atoms with E-state index in [0.29, 0.717) is 17.3 Å². The topological polar surface area (TPSA) is 9.23 Å². The van der Waals surface area contributed by atoms with Crippen molar-refractivity contribution >= 4 is 15.9 Å². The standard InChI is InChI=1S/C11H14BrFO/c1-3-11(13,8-12)9-4-6-10(14-2)7-5-9/h4-7H,3,8H2,1-2H3. The molecule has 1 aromatic rings. The van der Waals surface area contributed by atoms with Gasteiger partial charge in [-0.2, -0.15) is 0 Å². The number of ether oxygens (including phenoxy) is 1. The summed E-state index contributed by atoms with van der Waals surface area (Å²) in [6.07, 6.45) is 0.463. The Balaban J connectivity index is 2.95. The zero-order chi connectivity index (χ0) is 10.6. The first kappa shape index (κ1) is 11.5. The second-order valence-electron chi connectivity index (χ2n) is 3.18. The molecule has 0 saturated heterocycles. The van der Waals surface area contributed by atoms with Crippen LogP contribution in [0.15, 0.2) is 24.3 Å². The molecule has 1 rings (SSSR count). The van der Waals surface area contributed by atoms with Gasteiger partial charge in [-0.25, -0.2) is 4.39 Å². The van der Waals surface area contributed by atoms with Crippen molar-refractivity contribution in [2.75, 3.05) is 12.4 Å². The molecule has 0 aromatic heterocycles. The summed E-state index contributed by atoms with van der Waals surface area (Å²) in [4.78, 5) is 0. The van der Waals surface area contributed by atoms with Crippen molar-refractivity contribution in [2.24, 2.45) is 0 Å². The lowest BCUT2D eigenvalue weighted by Gasteiger charge is -2.21. The molecule has 0 saturated carbocycles. The fourth-order valence-corrected chi connectivity index (χ4v) is 1.99. The van der Waals surface area contributed by atoms with Crippen LogP contribution >= 0.6 is 15.9 Å². The van der Waals surface area contributed by atoms with Gasteiger partial charge in [0.25, 0.3) is 0 Å². The van der Waals surface area contributed by atoms with Gasteiger partial charge in [0.15, 0.2) is 0 Å². The van der Waals surface area contributed by atoms with Gasteiger partial charge in [0, 0.05) is 5.33 Å². The molecule has 1 nitrogen and oxygen atoms in total. The van der Waals surface area contributed by atoms with E-state index in [1.54, 1.807) is 31.4 Å². The van der Waals surface area contributed by atoms with Crippen LogP contribution in [0.1, 0.15) is 18.9 Å². The first-order chi connectivity index (χ1) is 6.66. The molecule has 1 unspecified atom stereocenters. The number of hydrogen-bond acceptors (Lipinski definition) is 1. The van der Waals surface area contributed by atoms with Crippen LogP contribution in [0.3, 0.4) is 0 Å². The van der Waals surface area contributed by atoms with Crippen LogP contribution in [0.5, 0.6) is 5.75 Å². The molecule has 78 valence electrons. The van der Waals surface area contributed by atoms with E-state index in [1.807, 2.05) is 6.92 Å².